The molecule has 2 heterocycles. The van der Waals surface area contributed by atoms with Gasteiger partial charge in [0.1, 0.15) is 5.69 Å². The Kier molecular flexibility index (Phi) is 3.96. The third-order valence-electron chi connectivity index (χ3n) is 3.98. The Labute approximate surface area is 140 Å². The lowest BCUT2D eigenvalue weighted by Gasteiger charge is -2.17. The first kappa shape index (κ1) is 16.3. The van der Waals surface area contributed by atoms with Crippen molar-refractivity contribution in [3.8, 4) is 5.88 Å². The maximum Gasteiger partial charge on any atom is 0.236 e. The molecule has 3 aromatic rings. The van der Waals surface area contributed by atoms with E-state index in [1.54, 1.807) is 29.4 Å². The minimum Gasteiger partial charge on any atom is -0.477 e. The van der Waals surface area contributed by atoms with Crippen molar-refractivity contribution < 1.29 is 9.84 Å². The first-order valence-corrected chi connectivity index (χ1v) is 7.92. The average molecular weight is 329 g/mol. The second-order valence-corrected chi connectivity index (χ2v) is 6.31. The monoisotopic (exact) mass is 329 g/mol. The highest BCUT2D eigenvalue weighted by molar-refractivity contribution is 5.92. The highest BCUT2D eigenvalue weighted by Crippen LogP contribution is 2.32. The van der Waals surface area contributed by atoms with E-state index in [2.05, 4.69) is 15.5 Å². The quantitative estimate of drug-likeness (QED) is 0.752. The third-order valence-corrected chi connectivity index (χ3v) is 3.98. The molecule has 0 aliphatic carbocycles. The average Bonchev–Trinajstić information content (AvgIpc) is 3.01. The molecule has 0 radical (unpaired) electrons. The van der Waals surface area contributed by atoms with Crippen LogP contribution in [-0.4, -0.2) is 31.3 Å². The van der Waals surface area contributed by atoms with Crippen molar-refractivity contribution in [1.29, 1.82) is 0 Å². The summed E-state index contributed by atoms with van der Waals surface area (Å²) in [7, 11) is 3.72. The molecule has 7 nitrogen and oxygen atoms in total. The van der Waals surface area contributed by atoms with Gasteiger partial charge in [0.15, 0.2) is 5.82 Å². The maximum absolute atomic E-state index is 10.2. The maximum atomic E-state index is 10.2. The third kappa shape index (κ3) is 2.82. The molecule has 0 atom stereocenters. The van der Waals surface area contributed by atoms with E-state index in [1.165, 1.54) is 0 Å². The van der Waals surface area contributed by atoms with Crippen LogP contribution in [0.15, 0.2) is 24.4 Å². The molecule has 3 rings (SSSR count). The number of fused-ring (bicyclic) bond motifs is 1. The van der Waals surface area contributed by atoms with Crippen LogP contribution in [0.25, 0.3) is 10.9 Å². The molecule has 0 bridgehead atoms. The van der Waals surface area contributed by atoms with Gasteiger partial charge in [-0.3, -0.25) is 4.68 Å². The smallest absolute Gasteiger partial charge is 0.236 e. The number of aliphatic hydroxyl groups is 1. The molecular weight excluding hydrogens is 306 g/mol. The Morgan fingerprint density at radius 2 is 2.00 bits per heavy atom. The van der Waals surface area contributed by atoms with E-state index < -0.39 is 5.60 Å². The first-order valence-electron chi connectivity index (χ1n) is 7.92. The van der Waals surface area contributed by atoms with Crippen LogP contribution in [0.4, 0.5) is 11.5 Å². The van der Waals surface area contributed by atoms with Crippen LogP contribution >= 0.6 is 0 Å². The molecule has 0 aliphatic rings. The molecule has 0 saturated heterocycles. The number of aromatic nitrogens is 4. The van der Waals surface area contributed by atoms with Gasteiger partial charge < -0.3 is 15.2 Å². The Balaban J connectivity index is 2.02. The SMILES string of the molecule is CCOc1c(Nc2nn(C)c3cc(C(C)(C)O)ccc23)cnn1C. The molecule has 24 heavy (non-hydrogen) atoms. The fourth-order valence-corrected chi connectivity index (χ4v) is 2.68. The number of aryl methyl sites for hydroxylation is 2. The Bertz CT molecular complexity index is 873. The van der Waals surface area contributed by atoms with Crippen molar-refractivity contribution in [3.05, 3.63) is 30.0 Å². The van der Waals surface area contributed by atoms with Crippen LogP contribution in [-0.2, 0) is 19.7 Å². The summed E-state index contributed by atoms with van der Waals surface area (Å²) >= 11 is 0. The molecule has 0 saturated carbocycles. The van der Waals surface area contributed by atoms with E-state index in [4.69, 9.17) is 4.74 Å². The van der Waals surface area contributed by atoms with Gasteiger partial charge in [-0.2, -0.15) is 10.2 Å². The second kappa shape index (κ2) is 5.83. The topological polar surface area (TPSA) is 77.1 Å². The zero-order chi connectivity index (χ0) is 17.5. The Morgan fingerprint density at radius 1 is 1.25 bits per heavy atom. The molecule has 0 unspecified atom stereocenters. The van der Waals surface area contributed by atoms with E-state index in [9.17, 15) is 5.11 Å². The number of hydrogen-bond donors (Lipinski definition) is 2. The Hall–Kier alpha value is -2.54. The van der Waals surface area contributed by atoms with E-state index in [0.717, 1.165) is 28.0 Å². The molecule has 2 N–H and O–H groups in total. The minimum absolute atomic E-state index is 0.562. The summed E-state index contributed by atoms with van der Waals surface area (Å²) in [4.78, 5) is 0. The normalized spacial score (nSPS) is 11.9. The molecule has 7 heteroatoms. The van der Waals surface area contributed by atoms with Gasteiger partial charge in [-0.25, -0.2) is 4.68 Å². The largest absolute Gasteiger partial charge is 0.477 e. The van der Waals surface area contributed by atoms with Gasteiger partial charge in [-0.1, -0.05) is 6.07 Å². The van der Waals surface area contributed by atoms with Crippen molar-refractivity contribution in [1.82, 2.24) is 19.6 Å². The van der Waals surface area contributed by atoms with Crippen LogP contribution in [0.5, 0.6) is 5.88 Å². The highest BCUT2D eigenvalue weighted by atomic mass is 16.5. The molecular formula is C17H23N5O2. The van der Waals surface area contributed by atoms with Gasteiger partial charge in [0.2, 0.25) is 5.88 Å². The summed E-state index contributed by atoms with van der Waals surface area (Å²) in [6.45, 7) is 6.04. The molecule has 0 aliphatic heterocycles. The van der Waals surface area contributed by atoms with Gasteiger partial charge in [0.25, 0.3) is 0 Å². The van der Waals surface area contributed by atoms with E-state index in [0.29, 0.717) is 12.5 Å². The van der Waals surface area contributed by atoms with Crippen molar-refractivity contribution >= 4 is 22.4 Å². The Morgan fingerprint density at radius 3 is 2.67 bits per heavy atom. The second-order valence-electron chi connectivity index (χ2n) is 6.31. The zero-order valence-corrected chi connectivity index (χ0v) is 14.7. The summed E-state index contributed by atoms with van der Waals surface area (Å²) in [6, 6.07) is 5.84. The van der Waals surface area contributed by atoms with Crippen molar-refractivity contribution in [2.24, 2.45) is 14.1 Å². The molecule has 128 valence electrons. The van der Waals surface area contributed by atoms with Crippen LogP contribution in [0.2, 0.25) is 0 Å². The van der Waals surface area contributed by atoms with Crippen LogP contribution in [0.1, 0.15) is 26.3 Å². The van der Waals surface area contributed by atoms with Crippen molar-refractivity contribution in [2.45, 2.75) is 26.4 Å². The van der Waals surface area contributed by atoms with Crippen LogP contribution in [0, 0.1) is 0 Å². The number of ether oxygens (including phenoxy) is 1. The summed E-state index contributed by atoms with van der Waals surface area (Å²) < 4.78 is 9.11. The summed E-state index contributed by atoms with van der Waals surface area (Å²) in [5, 5.41) is 23.2. The lowest BCUT2D eigenvalue weighted by Crippen LogP contribution is -2.15. The molecule has 1 aromatic carbocycles. The van der Waals surface area contributed by atoms with Gasteiger partial charge in [0, 0.05) is 19.5 Å². The summed E-state index contributed by atoms with van der Waals surface area (Å²) in [5.74, 6) is 1.40. The summed E-state index contributed by atoms with van der Waals surface area (Å²) in [5.41, 5.74) is 1.67. The van der Waals surface area contributed by atoms with E-state index in [1.807, 2.05) is 39.2 Å². The molecule has 0 spiro atoms. The minimum atomic E-state index is -0.891. The number of hydrogen-bond acceptors (Lipinski definition) is 5. The zero-order valence-electron chi connectivity index (χ0n) is 14.7. The summed E-state index contributed by atoms with van der Waals surface area (Å²) in [6.07, 6.45) is 1.72. The molecule has 2 aromatic heterocycles. The van der Waals surface area contributed by atoms with E-state index in [-0.39, 0.29) is 0 Å². The predicted octanol–water partition coefficient (Wildman–Crippen LogP) is 2.68. The standard InChI is InChI=1S/C17H23N5O2/c1-6-24-16-13(10-18-22(16)5)19-15-12-8-7-11(17(2,3)23)9-14(12)21(4)20-15/h7-10,23H,6H2,1-5H3,(H,19,20). The van der Waals surface area contributed by atoms with E-state index >= 15 is 0 Å². The fraction of sp³-hybridized carbons (Fsp3) is 0.412. The van der Waals surface area contributed by atoms with Crippen LogP contribution in [0.3, 0.4) is 0 Å². The highest BCUT2D eigenvalue weighted by Gasteiger charge is 2.19. The van der Waals surface area contributed by atoms with Crippen molar-refractivity contribution in [3.63, 3.8) is 0 Å². The fourth-order valence-electron chi connectivity index (χ4n) is 2.68. The number of anilines is 2. The van der Waals surface area contributed by atoms with Crippen molar-refractivity contribution in [2.75, 3.05) is 11.9 Å². The molecule has 0 amide bonds. The van der Waals surface area contributed by atoms with Crippen LogP contribution < -0.4 is 10.1 Å². The number of rotatable bonds is 5. The lowest BCUT2D eigenvalue weighted by molar-refractivity contribution is 0.0787. The number of nitrogens with one attached hydrogen (secondary N) is 1. The van der Waals surface area contributed by atoms with Gasteiger partial charge in [-0.15, -0.1) is 0 Å². The first-order chi connectivity index (χ1) is 11.3. The number of nitrogens with zero attached hydrogens (tertiary/aromatic N) is 4. The van der Waals surface area contributed by atoms with Gasteiger partial charge in [-0.05, 0) is 38.5 Å². The van der Waals surface area contributed by atoms with Gasteiger partial charge >= 0.3 is 0 Å². The van der Waals surface area contributed by atoms with Gasteiger partial charge in [0.05, 0.1) is 23.9 Å². The number of benzene rings is 1. The predicted molar refractivity (Wildman–Crippen MR) is 93.6 cm³/mol. The lowest BCUT2D eigenvalue weighted by atomic mass is 9.97. The molecule has 0 fully saturated rings.